The molecule has 3 aromatic carbocycles. The Morgan fingerprint density at radius 2 is 1.53 bits per heavy atom. The normalized spacial score (nSPS) is 18.8. The van der Waals surface area contributed by atoms with Gasteiger partial charge in [-0.2, -0.15) is 4.31 Å². The number of rotatable bonds is 7. The first-order chi connectivity index (χ1) is 18.4. The molecule has 38 heavy (non-hydrogen) atoms. The van der Waals surface area contributed by atoms with Crippen LogP contribution in [0.25, 0.3) is 0 Å². The first-order valence-corrected chi connectivity index (χ1v) is 15.4. The van der Waals surface area contributed by atoms with E-state index in [1.54, 1.807) is 52.5 Å². The van der Waals surface area contributed by atoms with Gasteiger partial charge in [-0.3, -0.25) is 9.59 Å². The molecule has 0 aromatic heterocycles. The standard InChI is InChI=1S/C29H31N3O4S2/c33-27-21-37-29(32(27)20-22-8-4-3-5-9-22)24-12-10-23(11-13-24)28(34)30-25-14-16-26(17-15-25)38(35,36)31-18-6-1-2-7-19-31/h3-5,8-17,29H,1-2,6-7,18-21H2,(H,30,34). The van der Waals surface area contributed by atoms with Crippen molar-refractivity contribution in [1.82, 2.24) is 9.21 Å². The number of nitrogens with zero attached hydrogens (tertiary/aromatic N) is 2. The SMILES string of the molecule is O=C(Nc1ccc(S(=O)(=O)N2CCCCCC2)cc1)c1ccc(C2SCC(=O)N2Cc2ccccc2)cc1. The molecule has 2 heterocycles. The largest absolute Gasteiger partial charge is 0.322 e. The molecule has 7 nitrogen and oxygen atoms in total. The number of nitrogens with one attached hydrogen (secondary N) is 1. The molecule has 3 aromatic rings. The van der Waals surface area contributed by atoms with E-state index in [1.165, 1.54) is 0 Å². The summed E-state index contributed by atoms with van der Waals surface area (Å²) < 4.78 is 27.5. The van der Waals surface area contributed by atoms with E-state index in [0.29, 0.717) is 36.6 Å². The minimum Gasteiger partial charge on any atom is -0.322 e. The lowest BCUT2D eigenvalue weighted by atomic mass is 10.1. The highest BCUT2D eigenvalue weighted by molar-refractivity contribution is 8.00. The van der Waals surface area contributed by atoms with Crippen LogP contribution in [-0.4, -0.2) is 48.3 Å². The fourth-order valence-electron chi connectivity index (χ4n) is 4.82. The molecule has 2 aliphatic rings. The summed E-state index contributed by atoms with van der Waals surface area (Å²) in [5.41, 5.74) is 3.06. The number of anilines is 1. The molecule has 2 amide bonds. The van der Waals surface area contributed by atoms with Gasteiger partial charge in [-0.15, -0.1) is 11.8 Å². The van der Waals surface area contributed by atoms with Crippen LogP contribution in [0, 0.1) is 0 Å². The summed E-state index contributed by atoms with van der Waals surface area (Å²) in [6.45, 7) is 1.64. The van der Waals surface area contributed by atoms with Crippen LogP contribution in [0.3, 0.4) is 0 Å². The summed E-state index contributed by atoms with van der Waals surface area (Å²) in [5, 5.41) is 2.75. The number of hydrogen-bond donors (Lipinski definition) is 1. The van der Waals surface area contributed by atoms with E-state index in [9.17, 15) is 18.0 Å². The Morgan fingerprint density at radius 3 is 2.18 bits per heavy atom. The van der Waals surface area contributed by atoms with E-state index < -0.39 is 10.0 Å². The van der Waals surface area contributed by atoms with Gasteiger partial charge in [0.15, 0.2) is 0 Å². The molecule has 0 radical (unpaired) electrons. The second-order valence-corrected chi connectivity index (χ2v) is 12.6. The maximum absolute atomic E-state index is 13.0. The molecule has 5 rings (SSSR count). The van der Waals surface area contributed by atoms with Crippen LogP contribution in [0.2, 0.25) is 0 Å². The Labute approximate surface area is 228 Å². The van der Waals surface area contributed by atoms with Crippen LogP contribution < -0.4 is 5.32 Å². The van der Waals surface area contributed by atoms with E-state index in [4.69, 9.17) is 0 Å². The average Bonchev–Trinajstić information content (AvgIpc) is 3.11. The Kier molecular flexibility index (Phi) is 8.16. The number of amides is 2. The quantitative estimate of drug-likeness (QED) is 0.434. The van der Waals surface area contributed by atoms with Crippen molar-refractivity contribution in [2.45, 2.75) is 42.5 Å². The van der Waals surface area contributed by atoms with Crippen LogP contribution in [-0.2, 0) is 21.4 Å². The number of carbonyl (C=O) groups is 2. The van der Waals surface area contributed by atoms with Crippen molar-refractivity contribution in [3.8, 4) is 0 Å². The van der Waals surface area contributed by atoms with E-state index in [0.717, 1.165) is 36.8 Å². The van der Waals surface area contributed by atoms with Crippen LogP contribution in [0.1, 0.15) is 52.5 Å². The molecule has 1 atom stereocenters. The second kappa shape index (κ2) is 11.7. The van der Waals surface area contributed by atoms with Gasteiger partial charge in [0.05, 0.1) is 10.6 Å². The second-order valence-electron chi connectivity index (χ2n) is 9.59. The molecule has 0 spiro atoms. The molecule has 2 saturated heterocycles. The molecule has 9 heteroatoms. The highest BCUT2D eigenvalue weighted by Gasteiger charge is 2.32. The average molecular weight is 550 g/mol. The predicted molar refractivity (Wildman–Crippen MR) is 150 cm³/mol. The van der Waals surface area contributed by atoms with Crippen LogP contribution in [0.15, 0.2) is 83.8 Å². The molecule has 1 unspecified atom stereocenters. The molecule has 0 bridgehead atoms. The number of sulfonamides is 1. The Morgan fingerprint density at radius 1 is 0.868 bits per heavy atom. The summed E-state index contributed by atoms with van der Waals surface area (Å²) in [4.78, 5) is 27.5. The fraction of sp³-hybridized carbons (Fsp3) is 0.310. The zero-order valence-electron chi connectivity index (χ0n) is 21.1. The highest BCUT2D eigenvalue weighted by atomic mass is 32.2. The first kappa shape index (κ1) is 26.5. The molecule has 2 fully saturated rings. The van der Waals surface area contributed by atoms with Crippen molar-refractivity contribution in [2.24, 2.45) is 0 Å². The molecule has 0 saturated carbocycles. The Bertz CT molecular complexity index is 1370. The van der Waals surface area contributed by atoms with Gasteiger partial charge in [0, 0.05) is 30.9 Å². The summed E-state index contributed by atoms with van der Waals surface area (Å²) in [5.74, 6) is 0.256. The lowest BCUT2D eigenvalue weighted by Crippen LogP contribution is -2.31. The lowest BCUT2D eigenvalue weighted by molar-refractivity contribution is -0.128. The molecule has 2 aliphatic heterocycles. The smallest absolute Gasteiger partial charge is 0.255 e. The van der Waals surface area contributed by atoms with Gasteiger partial charge < -0.3 is 10.2 Å². The Balaban J connectivity index is 1.23. The van der Waals surface area contributed by atoms with Gasteiger partial charge >= 0.3 is 0 Å². The fourth-order valence-corrected chi connectivity index (χ4v) is 7.53. The minimum atomic E-state index is -3.53. The third-order valence-corrected chi connectivity index (χ3v) is 10.1. The zero-order chi connectivity index (χ0) is 26.5. The maximum Gasteiger partial charge on any atom is 0.255 e. The van der Waals surface area contributed by atoms with Crippen LogP contribution in [0.4, 0.5) is 5.69 Å². The summed E-state index contributed by atoms with van der Waals surface area (Å²) >= 11 is 1.59. The minimum absolute atomic E-state index is 0.0986. The molecular formula is C29H31N3O4S2. The van der Waals surface area contributed by atoms with Gasteiger partial charge in [0.2, 0.25) is 15.9 Å². The van der Waals surface area contributed by atoms with Crippen molar-refractivity contribution in [3.05, 3.63) is 95.6 Å². The zero-order valence-corrected chi connectivity index (χ0v) is 22.7. The third-order valence-electron chi connectivity index (χ3n) is 6.94. The van der Waals surface area contributed by atoms with Crippen LogP contribution >= 0.6 is 11.8 Å². The molecule has 198 valence electrons. The van der Waals surface area contributed by atoms with Crippen molar-refractivity contribution in [1.29, 1.82) is 0 Å². The monoisotopic (exact) mass is 549 g/mol. The Hall–Kier alpha value is -3.14. The summed E-state index contributed by atoms with van der Waals surface area (Å²) in [7, 11) is -3.53. The van der Waals surface area contributed by atoms with E-state index in [-0.39, 0.29) is 22.1 Å². The van der Waals surface area contributed by atoms with Gasteiger partial charge in [0.25, 0.3) is 5.91 Å². The van der Waals surface area contributed by atoms with Gasteiger partial charge in [0.1, 0.15) is 5.37 Å². The number of benzene rings is 3. The van der Waals surface area contributed by atoms with Gasteiger partial charge in [-0.25, -0.2) is 8.42 Å². The summed E-state index contributed by atoms with van der Waals surface area (Å²) in [6.07, 6.45) is 3.88. The van der Waals surface area contributed by atoms with Crippen molar-refractivity contribution in [2.75, 3.05) is 24.2 Å². The highest BCUT2D eigenvalue weighted by Crippen LogP contribution is 2.39. The van der Waals surface area contributed by atoms with Crippen LogP contribution in [0.5, 0.6) is 0 Å². The number of carbonyl (C=O) groups excluding carboxylic acids is 2. The van der Waals surface area contributed by atoms with Crippen molar-refractivity contribution >= 4 is 39.3 Å². The summed E-state index contributed by atoms with van der Waals surface area (Å²) in [6, 6.07) is 23.6. The molecular weight excluding hydrogens is 518 g/mol. The van der Waals surface area contributed by atoms with Crippen molar-refractivity contribution < 1.29 is 18.0 Å². The predicted octanol–water partition coefficient (Wildman–Crippen LogP) is 5.28. The van der Waals surface area contributed by atoms with E-state index in [2.05, 4.69) is 5.32 Å². The van der Waals surface area contributed by atoms with E-state index >= 15 is 0 Å². The van der Waals surface area contributed by atoms with Gasteiger partial charge in [-0.1, -0.05) is 55.3 Å². The topological polar surface area (TPSA) is 86.8 Å². The van der Waals surface area contributed by atoms with E-state index in [1.807, 2.05) is 47.4 Å². The number of hydrogen-bond acceptors (Lipinski definition) is 5. The van der Waals surface area contributed by atoms with Crippen molar-refractivity contribution in [3.63, 3.8) is 0 Å². The van der Waals surface area contributed by atoms with Gasteiger partial charge in [-0.05, 0) is 60.4 Å². The first-order valence-electron chi connectivity index (χ1n) is 12.9. The molecule has 0 aliphatic carbocycles. The number of thioether (sulfide) groups is 1. The lowest BCUT2D eigenvalue weighted by Gasteiger charge is -2.24. The third kappa shape index (κ3) is 5.95. The maximum atomic E-state index is 13.0. The molecule has 1 N–H and O–H groups in total.